The lowest BCUT2D eigenvalue weighted by molar-refractivity contribution is -0.132. The first-order valence-electron chi connectivity index (χ1n) is 29.4. The Morgan fingerprint density at radius 1 is 0.584 bits per heavy atom. The van der Waals surface area contributed by atoms with E-state index in [2.05, 4.69) is 126 Å². The lowest BCUT2D eigenvalue weighted by Gasteiger charge is -2.26. The Kier molecular flexibility index (Phi) is 48.4. The van der Waals surface area contributed by atoms with Gasteiger partial charge in [-0.05, 0) is 119 Å². The van der Waals surface area contributed by atoms with Crippen LogP contribution in [-0.4, -0.2) is 66.5 Å². The van der Waals surface area contributed by atoms with Gasteiger partial charge in [0.15, 0.2) is 6.80 Å². The van der Waals surface area contributed by atoms with Crippen LogP contribution in [0.15, 0.2) is 97.1 Å². The molecule has 0 bridgehead atoms. The maximum Gasteiger partial charge on any atom is 0.224 e. The summed E-state index contributed by atoms with van der Waals surface area (Å²) in [5.41, 5.74) is 18.4. The molecule has 436 valence electrons. The van der Waals surface area contributed by atoms with Crippen LogP contribution < -0.4 is 15.8 Å². The van der Waals surface area contributed by atoms with Crippen molar-refractivity contribution >= 4 is 33.5 Å². The van der Waals surface area contributed by atoms with E-state index in [-0.39, 0.29) is 17.3 Å². The van der Waals surface area contributed by atoms with Crippen LogP contribution in [0.5, 0.6) is 0 Å². The molecule has 4 aromatic carbocycles. The zero-order valence-corrected chi connectivity index (χ0v) is 50.7. The first kappa shape index (κ1) is 76.0. The van der Waals surface area contributed by atoms with E-state index < -0.39 is 13.6 Å². The molecular weight excluding hydrogens is 967 g/mol. The van der Waals surface area contributed by atoms with Gasteiger partial charge in [-0.1, -0.05) is 200 Å². The highest BCUT2D eigenvalue weighted by Gasteiger charge is 2.29. The topological polar surface area (TPSA) is 107 Å². The van der Waals surface area contributed by atoms with Gasteiger partial charge in [-0.3, -0.25) is 14.5 Å². The Balaban J connectivity index is -0.00000103. The highest BCUT2D eigenvalue weighted by molar-refractivity contribution is 5.94. The Morgan fingerprint density at radius 3 is 1.29 bits per heavy atom. The highest BCUT2D eigenvalue weighted by Crippen LogP contribution is 2.46. The van der Waals surface area contributed by atoms with Crippen molar-refractivity contribution in [2.45, 2.75) is 199 Å². The van der Waals surface area contributed by atoms with Crippen LogP contribution in [0.1, 0.15) is 209 Å². The predicted molar refractivity (Wildman–Crippen MR) is 328 cm³/mol. The molecule has 0 radical (unpaired) electrons. The largest absolute Gasteiger partial charge is 1.00 e. The number of rotatable bonds is 16. The summed E-state index contributed by atoms with van der Waals surface area (Å²) in [7, 11) is 0. The number of carbonyl (C=O) groups is 2. The van der Waals surface area contributed by atoms with Crippen molar-refractivity contribution in [1.29, 1.82) is 0 Å². The monoisotopic (exact) mass is 1070 g/mol. The summed E-state index contributed by atoms with van der Waals surface area (Å²) in [6.45, 7) is 29.6. The first-order chi connectivity index (χ1) is 37.1. The van der Waals surface area contributed by atoms with Crippen molar-refractivity contribution in [3.05, 3.63) is 119 Å². The molecule has 6 aromatic rings. The van der Waals surface area contributed by atoms with Crippen molar-refractivity contribution < 1.29 is 27.5 Å². The third-order valence-corrected chi connectivity index (χ3v) is 12.1. The maximum atomic E-state index is 12.8. The molecule has 5 N–H and O–H groups in total. The number of benzene rings is 4. The van der Waals surface area contributed by atoms with Crippen LogP contribution in [-0.2, 0) is 22.4 Å². The number of nitrogens with one attached hydrogen (secondary N) is 3. The fourth-order valence-corrected chi connectivity index (χ4v) is 9.08. The van der Waals surface area contributed by atoms with E-state index in [1.54, 1.807) is 6.92 Å². The number of aromatic nitrogens is 2. The minimum absolute atomic E-state index is 0. The molecule has 77 heavy (non-hydrogen) atoms. The van der Waals surface area contributed by atoms with E-state index in [4.69, 9.17) is 5.73 Å². The van der Waals surface area contributed by atoms with Crippen molar-refractivity contribution in [2.75, 3.05) is 39.9 Å². The van der Waals surface area contributed by atoms with Gasteiger partial charge in [0, 0.05) is 52.3 Å². The van der Waals surface area contributed by atoms with Crippen LogP contribution in [0.3, 0.4) is 0 Å². The third-order valence-electron chi connectivity index (χ3n) is 12.1. The molecule has 7 nitrogen and oxygen atoms in total. The number of hydrogen-bond donors (Lipinski definition) is 4. The summed E-state index contributed by atoms with van der Waals surface area (Å²) >= 11 is 0. The van der Waals surface area contributed by atoms with Gasteiger partial charge in [-0.2, -0.15) is 0 Å². The Hall–Kier alpha value is -5.26. The highest BCUT2D eigenvalue weighted by atomic mass is 18.2. The Labute approximate surface area is 465 Å². The minimum atomic E-state index is -0.680. The lowest BCUT2D eigenvalue weighted by atomic mass is 9.78. The molecule has 1 amide bonds. The molecule has 0 saturated heterocycles. The molecule has 2 unspecified atom stereocenters. The molecule has 0 spiro atoms. The molecular formula is C66H106F4N5O2-. The molecule has 0 fully saturated rings. The first-order valence-corrected chi connectivity index (χ1v) is 29.4. The van der Waals surface area contributed by atoms with E-state index in [0.29, 0.717) is 30.6 Å². The number of aromatic amines is 2. The number of hydrogen-bond acceptors (Lipinski definition) is 4. The van der Waals surface area contributed by atoms with Crippen molar-refractivity contribution in [3.63, 3.8) is 0 Å². The second kappa shape index (κ2) is 49.1. The zero-order chi connectivity index (χ0) is 57.7. The van der Waals surface area contributed by atoms with Gasteiger partial charge in [0.2, 0.25) is 5.91 Å². The third kappa shape index (κ3) is 26.3. The van der Waals surface area contributed by atoms with Crippen molar-refractivity contribution in [1.82, 2.24) is 20.2 Å². The zero-order valence-electron chi connectivity index (χ0n) is 50.7. The second-order valence-corrected chi connectivity index (χ2v) is 17.4. The molecule has 2 aliphatic rings. The van der Waals surface area contributed by atoms with E-state index >= 15 is 0 Å². The van der Waals surface area contributed by atoms with Gasteiger partial charge < -0.3 is 30.1 Å². The average molecular weight is 1070 g/mol. The molecule has 0 aliphatic heterocycles. The summed E-state index contributed by atoms with van der Waals surface area (Å²) in [6, 6.07) is 34.7. The fourth-order valence-electron chi connectivity index (χ4n) is 9.08. The minimum Gasteiger partial charge on any atom is -1.00 e. The van der Waals surface area contributed by atoms with Gasteiger partial charge in [-0.25, -0.2) is 8.78 Å². The lowest BCUT2D eigenvalue weighted by Crippen LogP contribution is -3.00. The number of carbonyl (C=O) groups excluding carboxylic acids is 2. The average Bonchev–Trinajstić information content (AvgIpc) is 4.05. The Morgan fingerprint density at radius 2 is 0.948 bits per heavy atom. The summed E-state index contributed by atoms with van der Waals surface area (Å²) in [4.78, 5) is 31.7. The standard InChI is InChI=1S/C25H29FN2O.C23H25NO.C3H8FN.C3H8.C2H5F.C2H7N.4C2H6.FH/c1-2-28(17-26)23(29)15-5-3-4-11-19-16-18-10-6-7-12-20(18)25-24(19)21-13-8-9-14-22(21)27-25;1-16(25)9-3-2-4-11-18-15-17-10-5-6-12-19(17)23-22(18)20-13-7-8-14-21(20)24-23;1-2-5-3-4;1-3-2;2*1-2-3;4*1-2;/h6-10,12-14,19,27H,2-5,11,15-17H2,1H3;5-8,10,12-14,18,24H,2-4,9,11,15H2,1H3;5H,2-3H2,1H3;3H2,1-2H3;2H2,1H3;2-3H2,1H3;4*1-2H3;1H/p-1/i26-1;;4-1;;3-1;;;;;;1-1. The number of halogens is 4. The number of H-pyrrole nitrogens is 2. The smallest absolute Gasteiger partial charge is 0.224 e. The quantitative estimate of drug-likeness (QED) is 0.0440. The molecule has 2 aromatic heterocycles. The number of fused-ring (bicyclic) bond motifs is 10. The van der Waals surface area contributed by atoms with Crippen molar-refractivity contribution in [3.8, 4) is 22.5 Å². The molecule has 2 aliphatic carbocycles. The molecule has 2 heterocycles. The number of unbranched alkanes of at least 4 members (excludes halogenated alkanes) is 4. The van der Waals surface area contributed by atoms with Crippen LogP contribution >= 0.6 is 0 Å². The number of alkyl halides is 3. The van der Waals surface area contributed by atoms with Gasteiger partial charge >= 0.3 is 0 Å². The van der Waals surface area contributed by atoms with Gasteiger partial charge in [0.25, 0.3) is 0 Å². The van der Waals surface area contributed by atoms with E-state index in [1.807, 2.05) is 76.2 Å². The van der Waals surface area contributed by atoms with Gasteiger partial charge in [-0.15, -0.1) is 0 Å². The fraction of sp³-hybridized carbons (Fsp3) is 0.545. The molecule has 8 rings (SSSR count). The van der Waals surface area contributed by atoms with Crippen LogP contribution in [0.4, 0.5) is 13.2 Å². The van der Waals surface area contributed by atoms with E-state index in [9.17, 15) is 22.8 Å². The number of nitrogens with zero attached hydrogens (tertiary/aromatic N) is 1. The van der Waals surface area contributed by atoms with Crippen molar-refractivity contribution in [2.24, 2.45) is 5.73 Å². The summed E-state index contributed by atoms with van der Waals surface area (Å²) in [6.07, 6.45) is 13.2. The Bertz CT molecular complexity index is 2330. The van der Waals surface area contributed by atoms with Crippen LogP contribution in [0.25, 0.3) is 44.3 Å². The predicted octanol–water partition coefficient (Wildman–Crippen LogP) is 16.2. The SMILES string of the molecule is CC.CC.CC.CC.CC(=O)CCCCCC1Cc2ccccc2-c2[nH]c3ccccc3c21.CCC.CCN.CCN(C[18F])C(=O)CCCCCC1Cc2ccccc2-c2[nH]c3ccccc3c21.CCNC[18F].CC[18F].[18F-]. The summed E-state index contributed by atoms with van der Waals surface area (Å²) < 4.78 is 34.0. The number of para-hydroxylation sites is 2. The van der Waals surface area contributed by atoms with Crippen LogP contribution in [0.2, 0.25) is 0 Å². The molecule has 0 saturated carbocycles. The maximum absolute atomic E-state index is 12.8. The van der Waals surface area contributed by atoms with E-state index in [0.717, 1.165) is 70.9 Å². The normalized spacial score (nSPS) is 12.4. The number of amides is 1. The summed E-state index contributed by atoms with van der Waals surface area (Å²) in [5, 5.41) is 5.15. The molecule has 2 atom stereocenters. The summed E-state index contributed by atoms with van der Waals surface area (Å²) in [5.74, 6) is 1.30. The number of ketones is 1. The number of nitrogens with two attached hydrogens (primary N) is 1. The second-order valence-electron chi connectivity index (χ2n) is 17.4. The van der Waals surface area contributed by atoms with E-state index in [1.165, 1.54) is 97.7 Å². The van der Waals surface area contributed by atoms with Crippen LogP contribution in [0, 0.1) is 0 Å². The van der Waals surface area contributed by atoms with Gasteiger partial charge in [0.05, 0.1) is 18.1 Å². The molecule has 11 heteroatoms. The van der Waals surface area contributed by atoms with Gasteiger partial charge in [0.1, 0.15) is 12.6 Å². The number of Topliss-reactive ketones (excluding diaryl/α,β-unsaturated/α-hetero) is 1.